The second-order valence-electron chi connectivity index (χ2n) is 11.4. The van der Waals surface area contributed by atoms with Crippen molar-refractivity contribution in [2.75, 3.05) is 12.5 Å². The largest absolute Gasteiger partial charge is 0.476 e. The van der Waals surface area contributed by atoms with Crippen molar-refractivity contribution in [2.45, 2.75) is 70.9 Å². The third-order valence-electron chi connectivity index (χ3n) is 6.69. The molecule has 1 aromatic carbocycles. The lowest BCUT2D eigenvalue weighted by atomic mass is 10.0. The highest BCUT2D eigenvalue weighted by Gasteiger charge is 2.39. The Morgan fingerprint density at radius 2 is 2.00 bits per heavy atom. The number of carbonyl (C=O) groups is 2. The van der Waals surface area contributed by atoms with Crippen LogP contribution in [0.25, 0.3) is 10.9 Å². The molecular formula is C28H36FN5O6S. The Hall–Kier alpha value is -3.55. The van der Waals surface area contributed by atoms with Gasteiger partial charge in [0.2, 0.25) is 21.9 Å². The van der Waals surface area contributed by atoms with E-state index >= 15 is 0 Å². The molecule has 1 saturated heterocycles. The van der Waals surface area contributed by atoms with E-state index in [1.54, 1.807) is 32.9 Å². The number of nitrogens with two attached hydrogens (primary N) is 1. The van der Waals surface area contributed by atoms with Crippen molar-refractivity contribution < 1.29 is 32.2 Å². The molecule has 1 fully saturated rings. The number of hydrogen-bond acceptors (Lipinski definition) is 7. The Labute approximate surface area is 238 Å². The number of nitrogens with zero attached hydrogens (tertiary/aromatic N) is 3. The average molecular weight is 590 g/mol. The number of rotatable bonds is 10. The van der Waals surface area contributed by atoms with E-state index in [1.165, 1.54) is 27.8 Å². The molecular weight excluding hydrogens is 553 g/mol. The molecule has 0 spiro atoms. The second kappa shape index (κ2) is 11.7. The summed E-state index contributed by atoms with van der Waals surface area (Å²) in [5, 5.41) is 11.3. The number of primary amides is 1. The molecule has 3 heterocycles. The average Bonchev–Trinajstić information content (AvgIpc) is 3.42. The van der Waals surface area contributed by atoms with Crippen LogP contribution in [0.5, 0.6) is 5.75 Å². The van der Waals surface area contributed by atoms with Crippen LogP contribution in [0.3, 0.4) is 0 Å². The number of hydrogen-bond donors (Lipinski definition) is 3. The number of carbonyl (C=O) groups excluding carboxylic acids is 2. The molecule has 2 aromatic heterocycles. The minimum Gasteiger partial charge on any atom is -0.476 e. The highest BCUT2D eigenvalue weighted by Crippen LogP contribution is 2.29. The fraction of sp³-hybridized carbons (Fsp3) is 0.464. The lowest BCUT2D eigenvalue weighted by Gasteiger charge is -2.28. The number of amides is 2. The minimum atomic E-state index is -3.75. The zero-order valence-corrected chi connectivity index (χ0v) is 24.3. The maximum Gasteiger partial charge on any atom is 0.250 e. The first-order valence-electron chi connectivity index (χ1n) is 13.2. The van der Waals surface area contributed by atoms with Crippen LogP contribution in [0, 0.1) is 6.92 Å². The number of nitrogens with one attached hydrogen (secondary N) is 1. The topological polar surface area (TPSA) is 157 Å². The van der Waals surface area contributed by atoms with Crippen LogP contribution in [0.2, 0.25) is 0 Å². The van der Waals surface area contributed by atoms with Crippen LogP contribution in [0.1, 0.15) is 48.9 Å². The molecule has 222 valence electrons. The van der Waals surface area contributed by atoms with Gasteiger partial charge >= 0.3 is 0 Å². The standard InChI is InChI=1S/C28H36FN5O6S/c1-17-6-5-7-19(31-17)11-25(35)24-10-18(29)13-34(24)26(36)15-33-14-22(27(30)37)21-12-20(8-9-23(21)33)40-16-41(38,39)32-28(2,3)4/h5-9,12,14,18,24-25,32,35H,10-11,13,15-16H2,1-4H3,(H2,30,37)/t18-,24+,25+/m1/s1. The van der Waals surface area contributed by atoms with E-state index in [9.17, 15) is 27.5 Å². The summed E-state index contributed by atoms with van der Waals surface area (Å²) in [6.45, 7) is 6.58. The molecule has 41 heavy (non-hydrogen) atoms. The molecule has 0 saturated carbocycles. The van der Waals surface area contributed by atoms with Crippen molar-refractivity contribution in [3.8, 4) is 5.75 Å². The van der Waals surface area contributed by atoms with Crippen LogP contribution in [-0.2, 0) is 27.8 Å². The number of pyridine rings is 1. The van der Waals surface area contributed by atoms with Gasteiger partial charge in [-0.1, -0.05) is 6.07 Å². The zero-order valence-electron chi connectivity index (χ0n) is 23.5. The number of benzene rings is 1. The number of aromatic nitrogens is 2. The van der Waals surface area contributed by atoms with Gasteiger partial charge < -0.3 is 25.0 Å². The molecule has 11 nitrogen and oxygen atoms in total. The van der Waals surface area contributed by atoms with Gasteiger partial charge in [0.25, 0.3) is 5.91 Å². The van der Waals surface area contributed by atoms with Crippen molar-refractivity contribution >= 4 is 32.7 Å². The molecule has 0 aliphatic carbocycles. The van der Waals surface area contributed by atoms with Crippen molar-refractivity contribution in [3.05, 3.63) is 59.5 Å². The van der Waals surface area contributed by atoms with Crippen molar-refractivity contribution in [2.24, 2.45) is 5.73 Å². The maximum absolute atomic E-state index is 14.5. The number of aliphatic hydroxyl groups excluding tert-OH is 1. The van der Waals surface area contributed by atoms with E-state index in [4.69, 9.17) is 10.5 Å². The second-order valence-corrected chi connectivity index (χ2v) is 13.1. The van der Waals surface area contributed by atoms with Gasteiger partial charge in [0.05, 0.1) is 24.3 Å². The molecule has 1 aliphatic rings. The predicted molar refractivity (Wildman–Crippen MR) is 151 cm³/mol. The quantitative estimate of drug-likeness (QED) is 0.327. The first kappa shape index (κ1) is 30.4. The molecule has 2 amide bonds. The lowest BCUT2D eigenvalue weighted by Crippen LogP contribution is -2.45. The molecule has 3 aromatic rings. The lowest BCUT2D eigenvalue weighted by molar-refractivity contribution is -0.134. The Balaban J connectivity index is 1.53. The third kappa shape index (κ3) is 7.60. The van der Waals surface area contributed by atoms with Gasteiger partial charge in [-0.25, -0.2) is 17.5 Å². The monoisotopic (exact) mass is 589 g/mol. The molecule has 0 unspecified atom stereocenters. The summed E-state index contributed by atoms with van der Waals surface area (Å²) in [5.41, 5.74) is 6.94. The van der Waals surface area contributed by atoms with E-state index in [1.807, 2.05) is 19.1 Å². The Bertz CT molecular complexity index is 1550. The molecule has 0 bridgehead atoms. The van der Waals surface area contributed by atoms with Crippen LogP contribution in [0.15, 0.2) is 42.6 Å². The highest BCUT2D eigenvalue weighted by atomic mass is 32.2. The Kier molecular flexibility index (Phi) is 8.71. The first-order chi connectivity index (χ1) is 19.1. The summed E-state index contributed by atoms with van der Waals surface area (Å²) in [7, 11) is -3.75. The maximum atomic E-state index is 14.5. The summed E-state index contributed by atoms with van der Waals surface area (Å²) in [6, 6.07) is 9.30. The van der Waals surface area contributed by atoms with Gasteiger partial charge in [0, 0.05) is 46.9 Å². The molecule has 0 radical (unpaired) electrons. The van der Waals surface area contributed by atoms with Crippen LogP contribution < -0.4 is 15.2 Å². The summed E-state index contributed by atoms with van der Waals surface area (Å²) in [5.74, 6) is -1.62. The normalized spacial score (nSPS) is 18.5. The van der Waals surface area contributed by atoms with Gasteiger partial charge in [0.15, 0.2) is 0 Å². The summed E-state index contributed by atoms with van der Waals surface area (Å²) in [4.78, 5) is 31.3. The van der Waals surface area contributed by atoms with Gasteiger partial charge in [-0.3, -0.25) is 14.6 Å². The number of ether oxygens (including phenoxy) is 1. The van der Waals surface area contributed by atoms with Crippen molar-refractivity contribution in [3.63, 3.8) is 0 Å². The number of aliphatic hydroxyl groups is 1. The van der Waals surface area contributed by atoms with Gasteiger partial charge in [0.1, 0.15) is 18.5 Å². The first-order valence-corrected chi connectivity index (χ1v) is 14.9. The van der Waals surface area contributed by atoms with Crippen molar-refractivity contribution in [1.82, 2.24) is 19.2 Å². The molecule has 4 N–H and O–H groups in total. The molecule has 1 aliphatic heterocycles. The number of likely N-dealkylation sites (tertiary alicyclic amines) is 1. The van der Waals surface area contributed by atoms with Crippen molar-refractivity contribution in [1.29, 1.82) is 0 Å². The minimum absolute atomic E-state index is 0.00532. The summed E-state index contributed by atoms with van der Waals surface area (Å²) in [6.07, 6.45) is -0.690. The Morgan fingerprint density at radius 1 is 1.27 bits per heavy atom. The van der Waals surface area contributed by atoms with E-state index in [2.05, 4.69) is 9.71 Å². The van der Waals surface area contributed by atoms with Gasteiger partial charge in [-0.05, 0) is 58.0 Å². The SMILES string of the molecule is Cc1cccc(C[C@H](O)[C@@H]2C[C@@H](F)CN2C(=O)Cn2cc(C(N)=O)c3cc(OCS(=O)(=O)NC(C)(C)C)ccc32)n1. The number of halogens is 1. The molecule has 4 rings (SSSR count). The highest BCUT2D eigenvalue weighted by molar-refractivity contribution is 7.89. The van der Waals surface area contributed by atoms with Gasteiger partial charge in [-0.2, -0.15) is 0 Å². The summed E-state index contributed by atoms with van der Waals surface area (Å²) < 4.78 is 48.6. The fourth-order valence-electron chi connectivity index (χ4n) is 5.10. The smallest absolute Gasteiger partial charge is 0.250 e. The molecule has 3 atom stereocenters. The fourth-order valence-corrected chi connectivity index (χ4v) is 6.38. The zero-order chi connectivity index (χ0) is 30.1. The number of aryl methyl sites for hydroxylation is 1. The van der Waals surface area contributed by atoms with Gasteiger partial charge in [-0.15, -0.1) is 0 Å². The molecule has 13 heteroatoms. The van der Waals surface area contributed by atoms with Crippen LogP contribution >= 0.6 is 0 Å². The van der Waals surface area contributed by atoms with E-state index in [0.29, 0.717) is 16.6 Å². The number of alkyl halides is 1. The third-order valence-corrected chi connectivity index (χ3v) is 8.04. The van der Waals surface area contributed by atoms with E-state index in [-0.39, 0.29) is 37.2 Å². The van der Waals surface area contributed by atoms with Crippen LogP contribution in [0.4, 0.5) is 4.39 Å². The number of sulfonamides is 1. The van der Waals surface area contributed by atoms with E-state index < -0.39 is 51.6 Å². The number of fused-ring (bicyclic) bond motifs is 1. The van der Waals surface area contributed by atoms with E-state index in [0.717, 1.165) is 5.69 Å². The van der Waals surface area contributed by atoms with Crippen LogP contribution in [-0.4, -0.2) is 76.1 Å². The predicted octanol–water partition coefficient (Wildman–Crippen LogP) is 2.04. The summed E-state index contributed by atoms with van der Waals surface area (Å²) >= 11 is 0. The Morgan fingerprint density at radius 3 is 2.66 bits per heavy atom.